The average molecular weight is 412 g/mol. The molecule has 0 atom stereocenters. The van der Waals surface area contributed by atoms with Gasteiger partial charge in [-0.2, -0.15) is 0 Å². The summed E-state index contributed by atoms with van der Waals surface area (Å²) in [5, 5.41) is 0. The van der Waals surface area contributed by atoms with Gasteiger partial charge in [0, 0.05) is 31.3 Å². The van der Waals surface area contributed by atoms with Gasteiger partial charge in [0.05, 0.1) is 11.6 Å². The number of nitrogens with one attached hydrogen (secondary N) is 1. The molecule has 1 saturated heterocycles. The van der Waals surface area contributed by atoms with Crippen LogP contribution in [0.15, 0.2) is 23.0 Å². The molecule has 156 valence electrons. The third-order valence-electron chi connectivity index (χ3n) is 6.71. The Hall–Kier alpha value is -1.37. The zero-order valence-corrected chi connectivity index (χ0v) is 17.6. The molecule has 4 rings (SSSR count). The predicted octanol–water partition coefficient (Wildman–Crippen LogP) is 4.27. The zero-order chi connectivity index (χ0) is 19.0. The van der Waals surface area contributed by atoms with E-state index in [1.165, 1.54) is 18.9 Å². The minimum absolute atomic E-state index is 0. The van der Waals surface area contributed by atoms with Crippen molar-refractivity contribution < 1.29 is 9.13 Å². The van der Waals surface area contributed by atoms with Gasteiger partial charge in [0.2, 0.25) is 0 Å². The van der Waals surface area contributed by atoms with E-state index in [0.29, 0.717) is 17.1 Å². The highest BCUT2D eigenvalue weighted by atomic mass is 35.5. The first-order chi connectivity index (χ1) is 13.0. The Morgan fingerprint density at radius 3 is 2.54 bits per heavy atom. The Morgan fingerprint density at radius 2 is 1.89 bits per heavy atom. The number of hydrogen-bond donors (Lipinski definition) is 1. The van der Waals surface area contributed by atoms with Crippen molar-refractivity contribution in [1.82, 2.24) is 14.5 Å². The van der Waals surface area contributed by atoms with Crippen LogP contribution in [0.2, 0.25) is 0 Å². The van der Waals surface area contributed by atoms with Gasteiger partial charge in [0.15, 0.2) is 0 Å². The van der Waals surface area contributed by atoms with Gasteiger partial charge in [-0.25, -0.2) is 9.18 Å². The van der Waals surface area contributed by atoms with E-state index in [4.69, 9.17) is 4.74 Å². The maximum absolute atomic E-state index is 14.0. The first kappa shape index (κ1) is 21.3. The molecule has 7 heteroatoms. The summed E-state index contributed by atoms with van der Waals surface area (Å²) in [7, 11) is 0. The smallest absolute Gasteiger partial charge is 0.326 e. The van der Waals surface area contributed by atoms with Crippen molar-refractivity contribution >= 4 is 23.4 Å². The summed E-state index contributed by atoms with van der Waals surface area (Å²) in [6.07, 6.45) is 6.86. The Bertz CT molecular complexity index is 849. The van der Waals surface area contributed by atoms with Gasteiger partial charge in [0.1, 0.15) is 11.3 Å². The number of ether oxygens (including phenoxy) is 1. The number of piperidine rings is 1. The summed E-state index contributed by atoms with van der Waals surface area (Å²) < 4.78 is 21.6. The van der Waals surface area contributed by atoms with Gasteiger partial charge < -0.3 is 9.72 Å². The molecule has 5 nitrogen and oxygen atoms in total. The highest BCUT2D eigenvalue weighted by molar-refractivity contribution is 5.85. The van der Waals surface area contributed by atoms with Crippen LogP contribution in [0.1, 0.15) is 58.4 Å². The maximum atomic E-state index is 14.0. The van der Waals surface area contributed by atoms with Gasteiger partial charge in [-0.15, -0.1) is 12.4 Å². The molecule has 0 amide bonds. The van der Waals surface area contributed by atoms with Crippen LogP contribution in [0.25, 0.3) is 11.0 Å². The fraction of sp³-hybridized carbons (Fsp3) is 0.667. The molecule has 1 saturated carbocycles. The van der Waals surface area contributed by atoms with Gasteiger partial charge in [0.25, 0.3) is 0 Å². The molecule has 0 bridgehead atoms. The SMILES string of the molecule is CCOC1CCC(C)(N2CCC(n3c(=O)[nH]c4c(F)cccc43)CC2)CC1.Cl. The van der Waals surface area contributed by atoms with Crippen LogP contribution in [0.5, 0.6) is 0 Å². The Balaban J connectivity index is 0.00000225. The first-order valence-corrected chi connectivity index (χ1v) is 10.3. The normalized spacial score (nSPS) is 27.0. The molecule has 1 aliphatic heterocycles. The Morgan fingerprint density at radius 1 is 1.21 bits per heavy atom. The standard InChI is InChI=1S/C21H30FN3O2.ClH/c1-3-27-16-7-11-21(2,12-8-16)24-13-9-15(10-14-24)25-18-6-4-5-17(22)19(18)23-20(25)26;/h4-6,15-16H,3,7-14H2,1-2H3,(H,23,26);1H. The number of para-hydroxylation sites is 1. The Labute approximate surface area is 171 Å². The fourth-order valence-corrected chi connectivity index (χ4v) is 5.07. The first-order valence-electron chi connectivity index (χ1n) is 10.3. The minimum Gasteiger partial charge on any atom is -0.379 e. The number of nitrogens with zero attached hydrogens (tertiary/aromatic N) is 2. The molecular formula is C21H31ClFN3O2. The van der Waals surface area contributed by atoms with Crippen molar-refractivity contribution in [2.24, 2.45) is 0 Å². The van der Waals surface area contributed by atoms with Crippen molar-refractivity contribution in [1.29, 1.82) is 0 Å². The molecule has 2 fully saturated rings. The van der Waals surface area contributed by atoms with Gasteiger partial charge >= 0.3 is 5.69 Å². The van der Waals surface area contributed by atoms with E-state index in [0.717, 1.165) is 45.4 Å². The van der Waals surface area contributed by atoms with Crippen LogP contribution < -0.4 is 5.69 Å². The molecule has 28 heavy (non-hydrogen) atoms. The highest BCUT2D eigenvalue weighted by Gasteiger charge is 2.38. The summed E-state index contributed by atoms with van der Waals surface area (Å²) in [6.45, 7) is 7.20. The van der Waals surface area contributed by atoms with Crippen LogP contribution >= 0.6 is 12.4 Å². The molecule has 2 aliphatic rings. The van der Waals surface area contributed by atoms with E-state index in [1.54, 1.807) is 10.6 Å². The number of imidazole rings is 1. The highest BCUT2D eigenvalue weighted by Crippen LogP contribution is 2.38. The second-order valence-corrected chi connectivity index (χ2v) is 8.30. The lowest BCUT2D eigenvalue weighted by Gasteiger charge is -2.48. The van der Waals surface area contributed by atoms with Crippen molar-refractivity contribution in [2.45, 2.75) is 70.1 Å². The molecule has 0 radical (unpaired) electrons. The van der Waals surface area contributed by atoms with Crippen molar-refractivity contribution in [3.05, 3.63) is 34.5 Å². The molecule has 1 aliphatic carbocycles. The number of halogens is 2. The van der Waals surface area contributed by atoms with E-state index < -0.39 is 0 Å². The summed E-state index contributed by atoms with van der Waals surface area (Å²) in [5.41, 5.74) is 1.04. The van der Waals surface area contributed by atoms with Crippen molar-refractivity contribution in [3.8, 4) is 0 Å². The number of fused-ring (bicyclic) bond motifs is 1. The third kappa shape index (κ3) is 3.87. The van der Waals surface area contributed by atoms with Crippen molar-refractivity contribution in [2.75, 3.05) is 19.7 Å². The quantitative estimate of drug-likeness (QED) is 0.817. The minimum atomic E-state index is -0.362. The molecule has 1 N–H and O–H groups in total. The van der Waals surface area contributed by atoms with Crippen molar-refractivity contribution in [3.63, 3.8) is 0 Å². The fourth-order valence-electron chi connectivity index (χ4n) is 5.07. The molecule has 1 aromatic carbocycles. The number of likely N-dealkylation sites (tertiary alicyclic amines) is 1. The van der Waals surface area contributed by atoms with E-state index in [9.17, 15) is 9.18 Å². The summed E-state index contributed by atoms with van der Waals surface area (Å²) in [5.74, 6) is -0.362. The van der Waals surface area contributed by atoms with E-state index in [-0.39, 0.29) is 35.5 Å². The lowest BCUT2D eigenvalue weighted by atomic mass is 9.79. The van der Waals surface area contributed by atoms with E-state index in [1.807, 2.05) is 6.07 Å². The number of hydrogen-bond acceptors (Lipinski definition) is 3. The van der Waals surface area contributed by atoms with Crippen LogP contribution in [-0.4, -0.2) is 45.8 Å². The number of rotatable bonds is 4. The second-order valence-electron chi connectivity index (χ2n) is 8.30. The maximum Gasteiger partial charge on any atom is 0.326 e. The van der Waals surface area contributed by atoms with Crippen LogP contribution in [0, 0.1) is 5.82 Å². The van der Waals surface area contributed by atoms with Crippen LogP contribution in [-0.2, 0) is 4.74 Å². The lowest BCUT2D eigenvalue weighted by molar-refractivity contribution is -0.0273. The summed E-state index contributed by atoms with van der Waals surface area (Å²) >= 11 is 0. The number of H-pyrrole nitrogens is 1. The van der Waals surface area contributed by atoms with Gasteiger partial charge in [-0.1, -0.05) is 6.07 Å². The monoisotopic (exact) mass is 411 g/mol. The van der Waals surface area contributed by atoms with Crippen LogP contribution in [0.4, 0.5) is 4.39 Å². The topological polar surface area (TPSA) is 50.3 Å². The number of aromatic nitrogens is 2. The molecule has 2 aromatic rings. The number of benzene rings is 1. The van der Waals surface area contributed by atoms with E-state index in [2.05, 4.69) is 23.7 Å². The molecule has 1 aromatic heterocycles. The van der Waals surface area contributed by atoms with Gasteiger partial charge in [-0.05, 0) is 64.5 Å². The summed E-state index contributed by atoms with van der Waals surface area (Å²) in [4.78, 5) is 17.7. The number of aromatic amines is 1. The zero-order valence-electron chi connectivity index (χ0n) is 16.7. The molecular weight excluding hydrogens is 381 g/mol. The largest absolute Gasteiger partial charge is 0.379 e. The molecule has 0 spiro atoms. The third-order valence-corrected chi connectivity index (χ3v) is 6.71. The van der Waals surface area contributed by atoms with Gasteiger partial charge in [-0.3, -0.25) is 9.47 Å². The lowest BCUT2D eigenvalue weighted by Crippen LogP contribution is -2.53. The average Bonchev–Trinajstić information content (AvgIpc) is 3.01. The Kier molecular flexibility index (Phi) is 6.52. The van der Waals surface area contributed by atoms with Crippen LogP contribution in [0.3, 0.4) is 0 Å². The summed E-state index contributed by atoms with van der Waals surface area (Å²) in [6, 6.07) is 5.03. The van der Waals surface area contributed by atoms with E-state index >= 15 is 0 Å². The predicted molar refractivity (Wildman–Crippen MR) is 112 cm³/mol. The molecule has 0 unspecified atom stereocenters. The second kappa shape index (κ2) is 8.56. The molecule has 2 heterocycles.